The van der Waals surface area contributed by atoms with Gasteiger partial charge in [-0.05, 0) is 36.2 Å². The van der Waals surface area contributed by atoms with E-state index in [-0.39, 0.29) is 30.3 Å². The average Bonchev–Trinajstić information content (AvgIpc) is 3.04. The molecule has 1 amide bonds. The van der Waals surface area contributed by atoms with Gasteiger partial charge in [0.1, 0.15) is 5.75 Å². The number of carbonyl (C=O) groups excluding carboxylic acids is 2. The molecule has 0 saturated carbocycles. The number of hydrogen-bond acceptors (Lipinski definition) is 5. The van der Waals surface area contributed by atoms with Gasteiger partial charge in [-0.3, -0.25) is 19.7 Å². The number of aryl methyl sites for hydroxylation is 1. The molecular weight excluding hydrogens is 336 g/mol. The maximum atomic E-state index is 12.3. The Morgan fingerprint density at radius 2 is 1.85 bits per heavy atom. The standard InChI is InChI=1S/C19H18N2O5/c1-2-13-3-5-15(6-4-13)20-12-14(11-18(20)22)19(23)26-17-9-7-16(8-10-17)21(24)25/h3-10,14H,2,11-12H2,1H3/t14-/m0/s1. The van der Waals surface area contributed by atoms with E-state index in [4.69, 9.17) is 4.74 Å². The number of anilines is 1. The summed E-state index contributed by atoms with van der Waals surface area (Å²) in [7, 11) is 0. The lowest BCUT2D eigenvalue weighted by Gasteiger charge is -2.17. The molecule has 0 radical (unpaired) electrons. The molecule has 0 bridgehead atoms. The highest BCUT2D eigenvalue weighted by Crippen LogP contribution is 2.27. The molecule has 0 spiro atoms. The number of nitro benzene ring substituents is 1. The minimum Gasteiger partial charge on any atom is -0.426 e. The molecule has 1 saturated heterocycles. The number of non-ortho nitro benzene ring substituents is 1. The van der Waals surface area contributed by atoms with Crippen LogP contribution in [-0.2, 0) is 16.0 Å². The van der Waals surface area contributed by atoms with Gasteiger partial charge in [-0.25, -0.2) is 0 Å². The number of ether oxygens (including phenoxy) is 1. The first-order chi connectivity index (χ1) is 12.5. The van der Waals surface area contributed by atoms with E-state index in [0.29, 0.717) is 0 Å². The first-order valence-corrected chi connectivity index (χ1v) is 8.33. The second-order valence-corrected chi connectivity index (χ2v) is 6.10. The Morgan fingerprint density at radius 1 is 1.19 bits per heavy atom. The SMILES string of the molecule is CCc1ccc(N2C[C@@H](C(=O)Oc3ccc([N+](=O)[O-])cc3)CC2=O)cc1. The zero-order valence-electron chi connectivity index (χ0n) is 14.3. The van der Waals surface area contributed by atoms with Gasteiger partial charge in [-0.2, -0.15) is 0 Å². The van der Waals surface area contributed by atoms with E-state index in [1.54, 1.807) is 4.90 Å². The molecule has 0 aromatic heterocycles. The number of nitrogens with zero attached hydrogens (tertiary/aromatic N) is 2. The van der Waals surface area contributed by atoms with Crippen molar-refractivity contribution in [2.75, 3.05) is 11.4 Å². The van der Waals surface area contributed by atoms with Crippen molar-refractivity contribution in [3.05, 3.63) is 64.2 Å². The molecule has 1 aliphatic rings. The lowest BCUT2D eigenvalue weighted by Crippen LogP contribution is -2.27. The number of amides is 1. The Balaban J connectivity index is 1.65. The van der Waals surface area contributed by atoms with Crippen molar-refractivity contribution in [1.29, 1.82) is 0 Å². The Kier molecular flexibility index (Phi) is 4.97. The molecule has 2 aromatic rings. The molecule has 1 atom stereocenters. The molecule has 2 aromatic carbocycles. The Labute approximate surface area is 150 Å². The Bertz CT molecular complexity index is 830. The van der Waals surface area contributed by atoms with Gasteiger partial charge in [0.2, 0.25) is 5.91 Å². The smallest absolute Gasteiger partial charge is 0.316 e. The average molecular weight is 354 g/mol. The Morgan fingerprint density at radius 3 is 2.42 bits per heavy atom. The molecule has 1 heterocycles. The Hall–Kier alpha value is -3.22. The maximum Gasteiger partial charge on any atom is 0.316 e. The van der Waals surface area contributed by atoms with Gasteiger partial charge < -0.3 is 9.64 Å². The maximum absolute atomic E-state index is 12.3. The molecule has 3 rings (SSSR count). The van der Waals surface area contributed by atoms with Crippen LogP contribution in [0.2, 0.25) is 0 Å². The second-order valence-electron chi connectivity index (χ2n) is 6.10. The van der Waals surface area contributed by atoms with Crippen molar-refractivity contribution in [3.63, 3.8) is 0 Å². The van der Waals surface area contributed by atoms with Crippen LogP contribution in [0.15, 0.2) is 48.5 Å². The zero-order chi connectivity index (χ0) is 18.7. The zero-order valence-corrected chi connectivity index (χ0v) is 14.3. The van der Waals surface area contributed by atoms with Crippen LogP contribution in [0.5, 0.6) is 5.75 Å². The first-order valence-electron chi connectivity index (χ1n) is 8.33. The topological polar surface area (TPSA) is 89.8 Å². The molecule has 134 valence electrons. The third-order valence-corrected chi connectivity index (χ3v) is 4.38. The van der Waals surface area contributed by atoms with Gasteiger partial charge in [0, 0.05) is 30.8 Å². The van der Waals surface area contributed by atoms with Gasteiger partial charge >= 0.3 is 5.97 Å². The largest absolute Gasteiger partial charge is 0.426 e. The van der Waals surface area contributed by atoms with Crippen LogP contribution < -0.4 is 9.64 Å². The summed E-state index contributed by atoms with van der Waals surface area (Å²) in [6.45, 7) is 2.32. The van der Waals surface area contributed by atoms with Crippen LogP contribution in [0, 0.1) is 16.0 Å². The summed E-state index contributed by atoms with van der Waals surface area (Å²) < 4.78 is 5.26. The monoisotopic (exact) mass is 354 g/mol. The number of hydrogen-bond donors (Lipinski definition) is 0. The summed E-state index contributed by atoms with van der Waals surface area (Å²) in [6, 6.07) is 13.0. The van der Waals surface area contributed by atoms with E-state index in [1.807, 2.05) is 24.3 Å². The van der Waals surface area contributed by atoms with Crippen molar-refractivity contribution >= 4 is 23.3 Å². The summed E-state index contributed by atoms with van der Waals surface area (Å²) in [5.41, 5.74) is 1.86. The summed E-state index contributed by atoms with van der Waals surface area (Å²) in [5, 5.41) is 10.6. The van der Waals surface area contributed by atoms with Gasteiger partial charge in [0.25, 0.3) is 5.69 Å². The molecule has 26 heavy (non-hydrogen) atoms. The lowest BCUT2D eigenvalue weighted by atomic mass is 10.1. The highest BCUT2D eigenvalue weighted by atomic mass is 16.6. The van der Waals surface area contributed by atoms with Crippen molar-refractivity contribution in [3.8, 4) is 5.75 Å². The summed E-state index contributed by atoms with van der Waals surface area (Å²) in [4.78, 5) is 36.3. The third-order valence-electron chi connectivity index (χ3n) is 4.38. The minimum atomic E-state index is -0.566. The fraction of sp³-hybridized carbons (Fsp3) is 0.263. The van der Waals surface area contributed by atoms with Crippen LogP contribution in [0.3, 0.4) is 0 Å². The molecule has 0 unspecified atom stereocenters. The molecule has 1 fully saturated rings. The van der Waals surface area contributed by atoms with Crippen molar-refractivity contribution < 1.29 is 19.2 Å². The van der Waals surface area contributed by atoms with E-state index < -0.39 is 16.8 Å². The highest BCUT2D eigenvalue weighted by Gasteiger charge is 2.36. The molecule has 7 heteroatoms. The lowest BCUT2D eigenvalue weighted by molar-refractivity contribution is -0.384. The highest BCUT2D eigenvalue weighted by molar-refractivity contribution is 5.99. The van der Waals surface area contributed by atoms with E-state index in [0.717, 1.165) is 12.1 Å². The van der Waals surface area contributed by atoms with Crippen molar-refractivity contribution in [1.82, 2.24) is 0 Å². The van der Waals surface area contributed by atoms with Crippen LogP contribution >= 0.6 is 0 Å². The fourth-order valence-electron chi connectivity index (χ4n) is 2.86. The van der Waals surface area contributed by atoms with Crippen LogP contribution in [0.25, 0.3) is 0 Å². The predicted molar refractivity (Wildman–Crippen MR) is 95.0 cm³/mol. The number of esters is 1. The van der Waals surface area contributed by atoms with E-state index in [2.05, 4.69) is 6.92 Å². The molecular formula is C19H18N2O5. The van der Waals surface area contributed by atoms with E-state index in [9.17, 15) is 19.7 Å². The number of carbonyl (C=O) groups is 2. The minimum absolute atomic E-state index is 0.0810. The molecule has 7 nitrogen and oxygen atoms in total. The van der Waals surface area contributed by atoms with Crippen LogP contribution in [0.4, 0.5) is 11.4 Å². The number of benzene rings is 2. The van der Waals surface area contributed by atoms with Crippen LogP contribution in [0.1, 0.15) is 18.9 Å². The van der Waals surface area contributed by atoms with Crippen LogP contribution in [-0.4, -0.2) is 23.3 Å². The van der Waals surface area contributed by atoms with E-state index >= 15 is 0 Å². The quantitative estimate of drug-likeness (QED) is 0.356. The van der Waals surface area contributed by atoms with Gasteiger partial charge in [0.15, 0.2) is 0 Å². The summed E-state index contributed by atoms with van der Waals surface area (Å²) in [6.07, 6.45) is 1.000. The second kappa shape index (κ2) is 7.35. The first kappa shape index (κ1) is 17.6. The number of nitro groups is 1. The molecule has 0 aliphatic carbocycles. The summed E-state index contributed by atoms with van der Waals surface area (Å²) in [5.74, 6) is -0.984. The number of rotatable bonds is 5. The predicted octanol–water partition coefficient (Wildman–Crippen LogP) is 3.12. The third kappa shape index (κ3) is 3.72. The van der Waals surface area contributed by atoms with Gasteiger partial charge in [-0.15, -0.1) is 0 Å². The van der Waals surface area contributed by atoms with Crippen molar-refractivity contribution in [2.45, 2.75) is 19.8 Å². The van der Waals surface area contributed by atoms with Gasteiger partial charge in [-0.1, -0.05) is 19.1 Å². The van der Waals surface area contributed by atoms with Crippen molar-refractivity contribution in [2.24, 2.45) is 5.92 Å². The normalized spacial score (nSPS) is 16.6. The molecule has 0 N–H and O–H groups in total. The van der Waals surface area contributed by atoms with Gasteiger partial charge in [0.05, 0.1) is 10.8 Å². The molecule has 1 aliphatic heterocycles. The fourth-order valence-corrected chi connectivity index (χ4v) is 2.86. The van der Waals surface area contributed by atoms with E-state index in [1.165, 1.54) is 29.8 Å². The summed E-state index contributed by atoms with van der Waals surface area (Å²) >= 11 is 0.